The summed E-state index contributed by atoms with van der Waals surface area (Å²) in [4.78, 5) is 9.03. The molecule has 2 rings (SSSR count). The fraction of sp³-hybridized carbons (Fsp3) is 0.615. The first kappa shape index (κ1) is 26.1. The van der Waals surface area contributed by atoms with E-state index >= 15 is 0 Å². The van der Waals surface area contributed by atoms with Crippen LogP contribution in [0.25, 0.3) is 11.4 Å². The number of hydrogen-bond donors (Lipinski definition) is 0. The number of hydrogen-bond acceptors (Lipinski definition) is 6. The summed E-state index contributed by atoms with van der Waals surface area (Å²) >= 11 is 0. The highest BCUT2D eigenvalue weighted by Crippen LogP contribution is 2.29. The lowest BCUT2D eigenvalue weighted by Gasteiger charge is -2.20. The van der Waals surface area contributed by atoms with Gasteiger partial charge in [0.1, 0.15) is 5.75 Å². The Hall–Kier alpha value is -2.18. The molecule has 1 heterocycles. The topological polar surface area (TPSA) is 62.7 Å². The van der Waals surface area contributed by atoms with Gasteiger partial charge in [-0.2, -0.15) is 0 Å². The average Bonchev–Trinajstić information content (AvgIpc) is 2.82. The van der Waals surface area contributed by atoms with Gasteiger partial charge >= 0.3 is 0 Å². The molecule has 0 radical (unpaired) electrons. The molecule has 0 fully saturated rings. The quantitative estimate of drug-likeness (QED) is 0.195. The average molecular weight is 445 g/mol. The molecule has 1 unspecified atom stereocenters. The van der Waals surface area contributed by atoms with Crippen LogP contribution in [0.1, 0.15) is 72.1 Å². The Morgan fingerprint density at radius 2 is 1.56 bits per heavy atom. The van der Waals surface area contributed by atoms with Gasteiger partial charge in [0.15, 0.2) is 17.9 Å². The first-order valence-electron chi connectivity index (χ1n) is 12.2. The molecule has 1 aromatic heterocycles. The summed E-state index contributed by atoms with van der Waals surface area (Å²) in [6, 6.07) is 7.84. The Kier molecular flexibility index (Phi) is 13.4. The summed E-state index contributed by atoms with van der Waals surface area (Å²) < 4.78 is 23.2. The smallest absolute Gasteiger partial charge is 0.199 e. The molecule has 6 heteroatoms. The Morgan fingerprint density at radius 1 is 0.812 bits per heavy atom. The zero-order chi connectivity index (χ0) is 22.9. The lowest BCUT2D eigenvalue weighted by atomic mass is 10.1. The Bertz CT molecular complexity index is 724. The van der Waals surface area contributed by atoms with Crippen molar-refractivity contribution in [2.75, 3.05) is 26.4 Å². The lowest BCUT2D eigenvalue weighted by Crippen LogP contribution is -2.21. The Morgan fingerprint density at radius 3 is 2.28 bits per heavy atom. The second-order valence-electron chi connectivity index (χ2n) is 7.70. The normalized spacial score (nSPS) is 12.0. The minimum Gasteiger partial charge on any atom is -0.490 e. The van der Waals surface area contributed by atoms with Gasteiger partial charge in [0.05, 0.1) is 24.6 Å². The molecule has 178 valence electrons. The summed E-state index contributed by atoms with van der Waals surface area (Å²) in [5, 5.41) is 0. The SMILES string of the molecule is CCCCCC(OCC)Oc1ccccc1-c1ncc(OCCCCCCOCC)cn1. The van der Waals surface area contributed by atoms with Crippen molar-refractivity contribution in [3.05, 3.63) is 36.7 Å². The fourth-order valence-corrected chi connectivity index (χ4v) is 3.34. The molecular formula is C26H40N2O4. The lowest BCUT2D eigenvalue weighted by molar-refractivity contribution is -0.0804. The number of para-hydroxylation sites is 1. The van der Waals surface area contributed by atoms with Gasteiger partial charge in [0.2, 0.25) is 0 Å². The number of rotatable bonds is 18. The summed E-state index contributed by atoms with van der Waals surface area (Å²) in [6.45, 7) is 9.15. The van der Waals surface area contributed by atoms with Gasteiger partial charge < -0.3 is 18.9 Å². The third kappa shape index (κ3) is 9.96. The van der Waals surface area contributed by atoms with Gasteiger partial charge in [-0.25, -0.2) is 9.97 Å². The van der Waals surface area contributed by atoms with Crippen LogP contribution in [-0.4, -0.2) is 42.7 Å². The van der Waals surface area contributed by atoms with Gasteiger partial charge in [0, 0.05) is 26.2 Å². The molecule has 1 aromatic carbocycles. The molecule has 0 aliphatic rings. The molecular weight excluding hydrogens is 404 g/mol. The summed E-state index contributed by atoms with van der Waals surface area (Å²) in [5.41, 5.74) is 0.855. The third-order valence-electron chi connectivity index (χ3n) is 5.07. The van der Waals surface area contributed by atoms with E-state index in [4.69, 9.17) is 18.9 Å². The molecule has 0 spiro atoms. The van der Waals surface area contributed by atoms with E-state index in [0.29, 0.717) is 24.8 Å². The van der Waals surface area contributed by atoms with Gasteiger partial charge in [-0.3, -0.25) is 0 Å². The zero-order valence-corrected chi connectivity index (χ0v) is 20.1. The van der Waals surface area contributed by atoms with Crippen LogP contribution in [0.5, 0.6) is 11.5 Å². The van der Waals surface area contributed by atoms with E-state index in [-0.39, 0.29) is 6.29 Å². The largest absolute Gasteiger partial charge is 0.490 e. The molecule has 1 atom stereocenters. The number of ether oxygens (including phenoxy) is 4. The highest BCUT2D eigenvalue weighted by Gasteiger charge is 2.15. The van der Waals surface area contributed by atoms with Crippen LogP contribution >= 0.6 is 0 Å². The molecule has 32 heavy (non-hydrogen) atoms. The second kappa shape index (κ2) is 16.5. The van der Waals surface area contributed by atoms with Crippen LogP contribution in [-0.2, 0) is 9.47 Å². The Balaban J connectivity index is 1.88. The van der Waals surface area contributed by atoms with E-state index in [2.05, 4.69) is 16.9 Å². The van der Waals surface area contributed by atoms with Crippen LogP contribution in [0.15, 0.2) is 36.7 Å². The summed E-state index contributed by atoms with van der Waals surface area (Å²) in [7, 11) is 0. The van der Waals surface area contributed by atoms with E-state index < -0.39 is 0 Å². The first-order chi connectivity index (χ1) is 15.8. The summed E-state index contributed by atoms with van der Waals surface area (Å²) in [5.74, 6) is 2.05. The standard InChI is InChI=1S/C26H40N2O4/c1-4-7-10-17-25(30-6-3)32-24-16-12-11-15-23(24)26-27-20-22(21-28-26)31-19-14-9-8-13-18-29-5-2/h11-12,15-16,20-21,25H,4-10,13-14,17-19H2,1-3H3. The number of unbranched alkanes of at least 4 members (excludes halogenated alkanes) is 5. The zero-order valence-electron chi connectivity index (χ0n) is 20.1. The van der Waals surface area contributed by atoms with E-state index in [9.17, 15) is 0 Å². The molecule has 6 nitrogen and oxygen atoms in total. The Labute approximate surface area is 193 Å². The predicted molar refractivity (Wildman–Crippen MR) is 128 cm³/mol. The van der Waals surface area contributed by atoms with Gasteiger partial charge in [-0.1, -0.05) is 38.3 Å². The molecule has 0 aliphatic carbocycles. The summed E-state index contributed by atoms with van der Waals surface area (Å²) in [6.07, 6.45) is 11.9. The molecule has 0 saturated heterocycles. The second-order valence-corrected chi connectivity index (χ2v) is 7.70. The van der Waals surface area contributed by atoms with Crippen LogP contribution in [0.2, 0.25) is 0 Å². The molecule has 2 aromatic rings. The molecule has 0 bridgehead atoms. The van der Waals surface area contributed by atoms with Gasteiger partial charge in [-0.05, 0) is 51.7 Å². The van der Waals surface area contributed by atoms with Crippen molar-refractivity contribution < 1.29 is 18.9 Å². The van der Waals surface area contributed by atoms with Crippen molar-refractivity contribution >= 4 is 0 Å². The van der Waals surface area contributed by atoms with E-state index in [0.717, 1.165) is 63.1 Å². The fourth-order valence-electron chi connectivity index (χ4n) is 3.34. The number of nitrogens with zero attached hydrogens (tertiary/aromatic N) is 2. The van der Waals surface area contributed by atoms with Crippen molar-refractivity contribution in [3.63, 3.8) is 0 Å². The van der Waals surface area contributed by atoms with Crippen molar-refractivity contribution in [3.8, 4) is 22.9 Å². The molecule has 0 saturated carbocycles. The van der Waals surface area contributed by atoms with Gasteiger partial charge in [-0.15, -0.1) is 0 Å². The maximum atomic E-state index is 6.20. The van der Waals surface area contributed by atoms with Crippen LogP contribution in [0.3, 0.4) is 0 Å². The molecule has 0 amide bonds. The molecule has 0 aliphatic heterocycles. The third-order valence-corrected chi connectivity index (χ3v) is 5.07. The van der Waals surface area contributed by atoms with Gasteiger partial charge in [0.25, 0.3) is 0 Å². The van der Waals surface area contributed by atoms with E-state index in [1.54, 1.807) is 12.4 Å². The molecule has 0 N–H and O–H groups in total. The maximum absolute atomic E-state index is 6.20. The minimum atomic E-state index is -0.260. The van der Waals surface area contributed by atoms with Crippen molar-refractivity contribution in [1.82, 2.24) is 9.97 Å². The number of aromatic nitrogens is 2. The van der Waals surface area contributed by atoms with Crippen molar-refractivity contribution in [1.29, 1.82) is 0 Å². The van der Waals surface area contributed by atoms with Crippen LogP contribution in [0.4, 0.5) is 0 Å². The van der Waals surface area contributed by atoms with E-state index in [1.807, 2.05) is 38.1 Å². The first-order valence-corrected chi connectivity index (χ1v) is 12.2. The predicted octanol–water partition coefficient (Wildman–Crippen LogP) is 6.44. The number of benzene rings is 1. The monoisotopic (exact) mass is 444 g/mol. The van der Waals surface area contributed by atoms with Crippen molar-refractivity contribution in [2.24, 2.45) is 0 Å². The van der Waals surface area contributed by atoms with E-state index in [1.165, 1.54) is 12.8 Å². The van der Waals surface area contributed by atoms with Crippen LogP contribution in [0, 0.1) is 0 Å². The minimum absolute atomic E-state index is 0.260. The highest BCUT2D eigenvalue weighted by atomic mass is 16.7. The van der Waals surface area contributed by atoms with Crippen LogP contribution < -0.4 is 9.47 Å². The highest BCUT2D eigenvalue weighted by molar-refractivity contribution is 5.63. The maximum Gasteiger partial charge on any atom is 0.199 e. The van der Waals surface area contributed by atoms with Crippen molar-refractivity contribution in [2.45, 2.75) is 78.4 Å².